The summed E-state index contributed by atoms with van der Waals surface area (Å²) in [6.07, 6.45) is 5.24. The summed E-state index contributed by atoms with van der Waals surface area (Å²) >= 11 is 0. The molecule has 0 aliphatic carbocycles. The molecule has 10 heteroatoms. The molecule has 148 valence electrons. The minimum Gasteiger partial charge on any atom is -0.366 e. The van der Waals surface area contributed by atoms with E-state index >= 15 is 0 Å². The Kier molecular flexibility index (Phi) is 5.14. The highest BCUT2D eigenvalue weighted by molar-refractivity contribution is 5.95. The minimum absolute atomic E-state index is 0.0125. The van der Waals surface area contributed by atoms with Gasteiger partial charge < -0.3 is 14.7 Å². The van der Waals surface area contributed by atoms with Crippen LogP contribution in [0.2, 0.25) is 0 Å². The van der Waals surface area contributed by atoms with Crippen LogP contribution in [-0.2, 0) is 6.54 Å². The molecule has 1 aliphatic heterocycles. The van der Waals surface area contributed by atoms with E-state index in [4.69, 9.17) is 4.52 Å². The van der Waals surface area contributed by atoms with Gasteiger partial charge in [0.2, 0.25) is 11.7 Å². The number of hydrogen-bond acceptors (Lipinski definition) is 8. The van der Waals surface area contributed by atoms with Crippen molar-refractivity contribution >= 4 is 17.3 Å². The Labute approximate surface area is 165 Å². The second kappa shape index (κ2) is 8.05. The molecule has 0 radical (unpaired) electrons. The number of nitrogens with zero attached hydrogens (tertiary/aromatic N) is 5. The Morgan fingerprint density at radius 2 is 1.97 bits per heavy atom. The van der Waals surface area contributed by atoms with Gasteiger partial charge >= 0.3 is 0 Å². The summed E-state index contributed by atoms with van der Waals surface area (Å²) in [7, 11) is 0. The summed E-state index contributed by atoms with van der Waals surface area (Å²) in [4.78, 5) is 33.6. The Balaban J connectivity index is 1.45. The Morgan fingerprint density at radius 1 is 1.21 bits per heavy atom. The fourth-order valence-corrected chi connectivity index (χ4v) is 3.24. The van der Waals surface area contributed by atoms with E-state index in [0.29, 0.717) is 11.5 Å². The van der Waals surface area contributed by atoms with Gasteiger partial charge in [-0.15, -0.1) is 0 Å². The third-order valence-electron chi connectivity index (χ3n) is 4.69. The van der Waals surface area contributed by atoms with E-state index in [1.54, 1.807) is 36.7 Å². The number of nitro groups is 1. The van der Waals surface area contributed by atoms with Crippen LogP contribution < -0.4 is 10.2 Å². The molecule has 29 heavy (non-hydrogen) atoms. The van der Waals surface area contributed by atoms with Crippen molar-refractivity contribution in [3.05, 3.63) is 64.3 Å². The summed E-state index contributed by atoms with van der Waals surface area (Å²) < 4.78 is 5.14. The van der Waals surface area contributed by atoms with Crippen molar-refractivity contribution in [1.29, 1.82) is 0 Å². The van der Waals surface area contributed by atoms with Gasteiger partial charge in [0, 0.05) is 42.7 Å². The summed E-state index contributed by atoms with van der Waals surface area (Å²) in [6.45, 7) is 1.57. The molecule has 4 rings (SSSR count). The molecule has 1 aliphatic rings. The zero-order chi connectivity index (χ0) is 20.2. The zero-order valence-corrected chi connectivity index (χ0v) is 15.4. The highest BCUT2D eigenvalue weighted by atomic mass is 16.6. The molecule has 1 N–H and O–H groups in total. The predicted octanol–water partition coefficient (Wildman–Crippen LogP) is 2.57. The van der Waals surface area contributed by atoms with E-state index < -0.39 is 10.8 Å². The van der Waals surface area contributed by atoms with Gasteiger partial charge in [-0.05, 0) is 37.1 Å². The topological polar surface area (TPSA) is 127 Å². The van der Waals surface area contributed by atoms with Crippen molar-refractivity contribution in [2.75, 3.05) is 18.0 Å². The van der Waals surface area contributed by atoms with Crippen molar-refractivity contribution in [2.45, 2.75) is 19.4 Å². The van der Waals surface area contributed by atoms with E-state index in [0.717, 1.165) is 31.5 Å². The molecule has 0 saturated carbocycles. The van der Waals surface area contributed by atoms with Crippen LogP contribution in [0.5, 0.6) is 0 Å². The number of rotatable bonds is 6. The molecule has 1 saturated heterocycles. The van der Waals surface area contributed by atoms with Crippen LogP contribution in [0.15, 0.2) is 47.2 Å². The molecule has 1 fully saturated rings. The second-order valence-corrected chi connectivity index (χ2v) is 6.59. The molecule has 0 bridgehead atoms. The largest absolute Gasteiger partial charge is 0.366 e. The quantitative estimate of drug-likeness (QED) is 0.499. The number of nitrogens with one attached hydrogen (secondary N) is 1. The van der Waals surface area contributed by atoms with Gasteiger partial charge in [0.25, 0.3) is 11.6 Å². The van der Waals surface area contributed by atoms with Gasteiger partial charge in [-0.3, -0.25) is 19.9 Å². The molecular formula is C19H18N6O4. The van der Waals surface area contributed by atoms with Crippen molar-refractivity contribution < 1.29 is 14.2 Å². The molecular weight excluding hydrogens is 376 g/mol. The maximum Gasteiger partial charge on any atom is 0.293 e. The van der Waals surface area contributed by atoms with Crippen LogP contribution in [0.1, 0.15) is 29.1 Å². The van der Waals surface area contributed by atoms with Crippen molar-refractivity contribution in [2.24, 2.45) is 0 Å². The minimum atomic E-state index is -0.455. The van der Waals surface area contributed by atoms with Gasteiger partial charge in [0.1, 0.15) is 5.69 Å². The first kappa shape index (κ1) is 18.5. The van der Waals surface area contributed by atoms with Crippen molar-refractivity contribution in [3.8, 4) is 11.4 Å². The summed E-state index contributed by atoms with van der Waals surface area (Å²) in [6, 6.07) is 8.01. The number of pyridine rings is 1. The van der Waals surface area contributed by atoms with E-state index in [-0.39, 0.29) is 23.7 Å². The second-order valence-electron chi connectivity index (χ2n) is 6.59. The van der Waals surface area contributed by atoms with E-state index in [1.165, 1.54) is 6.07 Å². The lowest BCUT2D eigenvalue weighted by Crippen LogP contribution is -2.24. The number of hydrogen-bond donors (Lipinski definition) is 1. The smallest absolute Gasteiger partial charge is 0.293 e. The lowest BCUT2D eigenvalue weighted by atomic mass is 10.1. The fraction of sp³-hybridized carbons (Fsp3) is 0.263. The third kappa shape index (κ3) is 4.05. The predicted molar refractivity (Wildman–Crippen MR) is 103 cm³/mol. The first-order valence-electron chi connectivity index (χ1n) is 9.16. The van der Waals surface area contributed by atoms with Crippen molar-refractivity contribution in [3.63, 3.8) is 0 Å². The van der Waals surface area contributed by atoms with E-state index in [1.807, 2.05) is 4.90 Å². The third-order valence-corrected chi connectivity index (χ3v) is 4.69. The maximum atomic E-state index is 12.5. The number of carbonyl (C=O) groups is 1. The molecule has 0 atom stereocenters. The SMILES string of the molecule is O=C(NCc1nc(-c2ccncc2)no1)c1ccc(N2CCCC2)c([N+](=O)[O-])c1. The first-order valence-corrected chi connectivity index (χ1v) is 9.16. The highest BCUT2D eigenvalue weighted by Gasteiger charge is 2.24. The molecule has 3 heterocycles. The number of aromatic nitrogens is 3. The van der Waals surface area contributed by atoms with Gasteiger partial charge in [-0.1, -0.05) is 5.16 Å². The van der Waals surface area contributed by atoms with Gasteiger partial charge in [-0.25, -0.2) is 0 Å². The average molecular weight is 394 g/mol. The number of carbonyl (C=O) groups excluding carboxylic acids is 1. The van der Waals surface area contributed by atoms with Crippen molar-refractivity contribution in [1.82, 2.24) is 20.4 Å². The highest BCUT2D eigenvalue weighted by Crippen LogP contribution is 2.31. The monoisotopic (exact) mass is 394 g/mol. The molecule has 0 unspecified atom stereocenters. The Bertz CT molecular complexity index is 1030. The van der Waals surface area contributed by atoms with Gasteiger partial charge in [0.15, 0.2) is 0 Å². The lowest BCUT2D eigenvalue weighted by Gasteiger charge is -2.17. The standard InChI is InChI=1S/C19H18N6O4/c26-19(21-12-17-22-18(23-29-17)13-5-7-20-8-6-13)14-3-4-15(16(11-14)25(27)28)24-9-1-2-10-24/h3-8,11H,1-2,9-10,12H2,(H,21,26). The van der Waals surface area contributed by atoms with Crippen LogP contribution in [0, 0.1) is 10.1 Å². The zero-order valence-electron chi connectivity index (χ0n) is 15.4. The first-order chi connectivity index (χ1) is 14.1. The normalized spacial score (nSPS) is 13.4. The van der Waals surface area contributed by atoms with E-state index in [9.17, 15) is 14.9 Å². The van der Waals surface area contributed by atoms with E-state index in [2.05, 4.69) is 20.4 Å². The van der Waals surface area contributed by atoms with Crippen LogP contribution in [-0.4, -0.2) is 39.0 Å². The number of benzene rings is 1. The molecule has 1 aromatic carbocycles. The molecule has 0 spiro atoms. The van der Waals surface area contributed by atoms with Crippen LogP contribution in [0.4, 0.5) is 11.4 Å². The van der Waals surface area contributed by atoms with Crippen LogP contribution >= 0.6 is 0 Å². The average Bonchev–Trinajstić information content (AvgIpc) is 3.44. The molecule has 3 aromatic rings. The molecule has 1 amide bonds. The molecule has 2 aromatic heterocycles. The number of nitro benzene ring substituents is 1. The fourth-order valence-electron chi connectivity index (χ4n) is 3.24. The number of amides is 1. The summed E-state index contributed by atoms with van der Waals surface area (Å²) in [5.74, 6) is 0.167. The van der Waals surface area contributed by atoms with Gasteiger partial charge in [0.05, 0.1) is 11.5 Å². The lowest BCUT2D eigenvalue weighted by molar-refractivity contribution is -0.384. The van der Waals surface area contributed by atoms with Crippen LogP contribution in [0.3, 0.4) is 0 Å². The summed E-state index contributed by atoms with van der Waals surface area (Å²) in [5.41, 5.74) is 1.42. The Hall–Kier alpha value is -3.82. The summed E-state index contributed by atoms with van der Waals surface area (Å²) in [5, 5.41) is 18.0. The molecule has 10 nitrogen and oxygen atoms in total. The number of anilines is 1. The Morgan fingerprint density at radius 3 is 2.69 bits per heavy atom. The maximum absolute atomic E-state index is 12.5. The van der Waals surface area contributed by atoms with Gasteiger partial charge in [-0.2, -0.15) is 4.98 Å². The van der Waals surface area contributed by atoms with Crippen LogP contribution in [0.25, 0.3) is 11.4 Å².